The summed E-state index contributed by atoms with van der Waals surface area (Å²) < 4.78 is 41.7. The van der Waals surface area contributed by atoms with Gasteiger partial charge in [-0.05, 0) is 79.1 Å². The number of hydrogen-bond acceptors (Lipinski definition) is 1. The van der Waals surface area contributed by atoms with Crippen molar-refractivity contribution in [3.8, 4) is 11.1 Å². The number of aryl methyl sites for hydroxylation is 1. The number of aromatic nitrogens is 1. The number of hydrogen-bond donors (Lipinski definition) is 1. The topological polar surface area (TPSA) is 42.2 Å². The van der Waals surface area contributed by atoms with Crippen LogP contribution in [0.25, 0.3) is 11.1 Å². The number of aliphatic carboxylic acids is 1. The summed E-state index contributed by atoms with van der Waals surface area (Å²) in [6, 6.07) is 10.9. The van der Waals surface area contributed by atoms with Crippen LogP contribution in [-0.2, 0) is 17.4 Å². The van der Waals surface area contributed by atoms with Crippen molar-refractivity contribution in [3.05, 3.63) is 81.6 Å². The lowest BCUT2D eigenvalue weighted by Gasteiger charge is -2.29. The maximum atomic E-state index is 13.2. The number of halogens is 4. The van der Waals surface area contributed by atoms with Crippen LogP contribution in [0, 0.1) is 6.92 Å². The SMILES string of the molecule is CCCC(c1ccc(C(F)(F)F)cc1)n1cc(-c2ccc(Cl)cc2C)c2c1C(CC(=O)O)CCC2. The minimum absolute atomic E-state index is 0.0297. The molecule has 0 bridgehead atoms. The summed E-state index contributed by atoms with van der Waals surface area (Å²) in [5.74, 6) is -0.993. The summed E-state index contributed by atoms with van der Waals surface area (Å²) >= 11 is 6.20. The molecule has 3 nitrogen and oxygen atoms in total. The number of benzene rings is 2. The molecular weight excluding hydrogens is 475 g/mol. The highest BCUT2D eigenvalue weighted by atomic mass is 35.5. The summed E-state index contributed by atoms with van der Waals surface area (Å²) in [5, 5.41) is 10.3. The van der Waals surface area contributed by atoms with Gasteiger partial charge in [-0.1, -0.05) is 43.1 Å². The summed E-state index contributed by atoms with van der Waals surface area (Å²) in [6.07, 6.45) is 1.78. The quantitative estimate of drug-likeness (QED) is 0.351. The molecule has 0 fully saturated rings. The molecule has 1 aliphatic rings. The minimum atomic E-state index is -4.39. The highest BCUT2D eigenvalue weighted by molar-refractivity contribution is 6.30. The van der Waals surface area contributed by atoms with Crippen LogP contribution in [-0.4, -0.2) is 15.6 Å². The summed E-state index contributed by atoms with van der Waals surface area (Å²) in [6.45, 7) is 4.05. The first-order chi connectivity index (χ1) is 16.6. The van der Waals surface area contributed by atoms with Gasteiger partial charge in [-0.2, -0.15) is 13.2 Å². The minimum Gasteiger partial charge on any atom is -0.481 e. The van der Waals surface area contributed by atoms with Crippen molar-refractivity contribution in [2.24, 2.45) is 0 Å². The zero-order chi connectivity index (χ0) is 25.3. The molecule has 3 aromatic rings. The average Bonchev–Trinajstić information content (AvgIpc) is 3.17. The van der Waals surface area contributed by atoms with Crippen molar-refractivity contribution in [1.29, 1.82) is 0 Å². The van der Waals surface area contributed by atoms with E-state index >= 15 is 0 Å². The van der Waals surface area contributed by atoms with Crippen LogP contribution < -0.4 is 0 Å². The van der Waals surface area contributed by atoms with Crippen molar-refractivity contribution < 1.29 is 23.1 Å². The third-order valence-corrected chi connectivity index (χ3v) is 7.20. The van der Waals surface area contributed by atoms with Crippen LogP contribution in [0.5, 0.6) is 0 Å². The van der Waals surface area contributed by atoms with Gasteiger partial charge in [-0.3, -0.25) is 4.79 Å². The molecule has 0 spiro atoms. The van der Waals surface area contributed by atoms with Gasteiger partial charge in [0.05, 0.1) is 18.0 Å². The predicted octanol–water partition coefficient (Wildman–Crippen LogP) is 8.42. The van der Waals surface area contributed by atoms with Crippen molar-refractivity contribution in [2.75, 3.05) is 0 Å². The Morgan fingerprint density at radius 2 is 1.89 bits per heavy atom. The Balaban J connectivity index is 1.90. The molecule has 0 saturated heterocycles. The van der Waals surface area contributed by atoms with Crippen LogP contribution in [0.4, 0.5) is 13.2 Å². The molecule has 1 aliphatic carbocycles. The molecule has 2 atom stereocenters. The van der Waals surface area contributed by atoms with Gasteiger partial charge in [0, 0.05) is 28.4 Å². The summed E-state index contributed by atoms with van der Waals surface area (Å²) in [5.41, 5.74) is 5.38. The van der Waals surface area contributed by atoms with E-state index in [1.807, 2.05) is 32.0 Å². The zero-order valence-corrected chi connectivity index (χ0v) is 20.6. The van der Waals surface area contributed by atoms with E-state index in [9.17, 15) is 23.1 Å². The van der Waals surface area contributed by atoms with Gasteiger partial charge in [-0.15, -0.1) is 0 Å². The van der Waals surface area contributed by atoms with E-state index in [0.717, 1.165) is 77.7 Å². The van der Waals surface area contributed by atoms with Crippen molar-refractivity contribution in [1.82, 2.24) is 4.57 Å². The molecule has 0 saturated carbocycles. The maximum absolute atomic E-state index is 13.2. The molecule has 2 aromatic carbocycles. The second kappa shape index (κ2) is 10.1. The normalized spacial score (nSPS) is 16.7. The molecule has 1 heterocycles. The molecule has 35 heavy (non-hydrogen) atoms. The largest absolute Gasteiger partial charge is 0.481 e. The number of carbonyl (C=O) groups is 1. The van der Waals surface area contributed by atoms with Crippen LogP contribution in [0.15, 0.2) is 48.7 Å². The lowest BCUT2D eigenvalue weighted by atomic mass is 9.82. The smallest absolute Gasteiger partial charge is 0.416 e. The van der Waals surface area contributed by atoms with Crippen molar-refractivity contribution >= 4 is 17.6 Å². The molecule has 2 unspecified atom stereocenters. The number of alkyl halides is 3. The number of carboxylic acid groups (broad SMARTS) is 1. The van der Waals surface area contributed by atoms with Crippen LogP contribution in [0.2, 0.25) is 5.02 Å². The van der Waals surface area contributed by atoms with E-state index in [0.29, 0.717) is 5.02 Å². The second-order valence-corrected chi connectivity index (χ2v) is 9.82. The number of nitrogens with zero attached hydrogens (tertiary/aromatic N) is 1. The molecule has 0 aliphatic heterocycles. The van der Waals surface area contributed by atoms with E-state index in [2.05, 4.69) is 10.8 Å². The van der Waals surface area contributed by atoms with Gasteiger partial charge in [0.2, 0.25) is 0 Å². The molecule has 186 valence electrons. The van der Waals surface area contributed by atoms with Crippen LogP contribution >= 0.6 is 11.6 Å². The lowest BCUT2D eigenvalue weighted by molar-refractivity contribution is -0.138. The van der Waals surface area contributed by atoms with Gasteiger partial charge in [-0.25, -0.2) is 0 Å². The van der Waals surface area contributed by atoms with Gasteiger partial charge in [0.1, 0.15) is 0 Å². The lowest BCUT2D eigenvalue weighted by Crippen LogP contribution is -2.20. The van der Waals surface area contributed by atoms with Crippen LogP contribution in [0.1, 0.15) is 78.9 Å². The maximum Gasteiger partial charge on any atom is 0.416 e. The third kappa shape index (κ3) is 5.27. The summed E-state index contributed by atoms with van der Waals surface area (Å²) in [7, 11) is 0. The van der Waals surface area contributed by atoms with E-state index in [1.165, 1.54) is 0 Å². The second-order valence-electron chi connectivity index (χ2n) is 9.38. The fraction of sp³-hybridized carbons (Fsp3) is 0.393. The Morgan fingerprint density at radius 3 is 2.49 bits per heavy atom. The molecular formula is C28H29ClF3NO2. The summed E-state index contributed by atoms with van der Waals surface area (Å²) in [4.78, 5) is 11.7. The Labute approximate surface area is 208 Å². The Bertz CT molecular complexity index is 1210. The van der Waals surface area contributed by atoms with Gasteiger partial charge >= 0.3 is 12.1 Å². The Morgan fingerprint density at radius 1 is 1.17 bits per heavy atom. The predicted molar refractivity (Wildman–Crippen MR) is 132 cm³/mol. The van der Waals surface area contributed by atoms with E-state index < -0.39 is 17.7 Å². The average molecular weight is 504 g/mol. The molecule has 0 radical (unpaired) electrons. The first-order valence-corrected chi connectivity index (χ1v) is 12.4. The molecule has 1 N–H and O–H groups in total. The first kappa shape index (κ1) is 25.4. The van der Waals surface area contributed by atoms with Crippen LogP contribution in [0.3, 0.4) is 0 Å². The van der Waals surface area contributed by atoms with E-state index in [4.69, 9.17) is 11.6 Å². The molecule has 0 amide bonds. The number of rotatable bonds is 7. The van der Waals surface area contributed by atoms with Crippen molar-refractivity contribution in [3.63, 3.8) is 0 Å². The van der Waals surface area contributed by atoms with Gasteiger partial charge in [0.15, 0.2) is 0 Å². The van der Waals surface area contributed by atoms with Gasteiger partial charge in [0.25, 0.3) is 0 Å². The van der Waals surface area contributed by atoms with Crippen molar-refractivity contribution in [2.45, 2.75) is 70.5 Å². The zero-order valence-electron chi connectivity index (χ0n) is 19.8. The highest BCUT2D eigenvalue weighted by Crippen LogP contribution is 2.44. The molecule has 4 rings (SSSR count). The fourth-order valence-corrected chi connectivity index (χ4v) is 5.65. The molecule has 1 aromatic heterocycles. The third-order valence-electron chi connectivity index (χ3n) is 6.97. The standard InChI is InChI=1S/C28H29ClF3NO2/c1-3-5-25(18-8-10-20(11-9-18)28(30,31)32)33-16-24(22-13-12-21(29)14-17(22)2)23-7-4-6-19(27(23)33)15-26(34)35/h8-14,16,19,25H,3-7,15H2,1-2H3,(H,34,35). The highest BCUT2D eigenvalue weighted by Gasteiger charge is 2.33. The Hall–Kier alpha value is -2.73. The Kier molecular flexibility index (Phi) is 7.32. The monoisotopic (exact) mass is 503 g/mol. The first-order valence-electron chi connectivity index (χ1n) is 12.0. The molecule has 7 heteroatoms. The fourth-order valence-electron chi connectivity index (χ4n) is 5.43. The number of carboxylic acids is 1. The number of fused-ring (bicyclic) bond motifs is 1. The van der Waals surface area contributed by atoms with E-state index in [-0.39, 0.29) is 18.4 Å². The van der Waals surface area contributed by atoms with Gasteiger partial charge < -0.3 is 9.67 Å². The van der Waals surface area contributed by atoms with E-state index in [1.54, 1.807) is 12.1 Å².